The van der Waals surface area contributed by atoms with Gasteiger partial charge in [-0.25, -0.2) is 9.07 Å². The van der Waals surface area contributed by atoms with Crippen LogP contribution in [0.2, 0.25) is 5.02 Å². The molecular weight excluding hydrogens is 255 g/mol. The highest BCUT2D eigenvalue weighted by molar-refractivity contribution is 6.30. The van der Waals surface area contributed by atoms with Crippen molar-refractivity contribution in [2.45, 2.75) is 25.3 Å². The lowest BCUT2D eigenvalue weighted by Crippen LogP contribution is -2.05. The minimum Gasteiger partial charge on any atom is -0.325 e. The number of hydrogen-bond acceptors (Lipinski definition) is 3. The maximum absolute atomic E-state index is 13.2. The molecule has 1 heterocycles. The van der Waals surface area contributed by atoms with Crippen LogP contribution in [0.15, 0.2) is 18.2 Å². The summed E-state index contributed by atoms with van der Waals surface area (Å²) < 4.78 is 14.9. The van der Waals surface area contributed by atoms with Crippen LogP contribution < -0.4 is 5.73 Å². The Balaban J connectivity index is 2.10. The van der Waals surface area contributed by atoms with Crippen molar-refractivity contribution in [2.24, 2.45) is 5.73 Å². The molecule has 94 valence electrons. The lowest BCUT2D eigenvalue weighted by Gasteiger charge is -2.07. The van der Waals surface area contributed by atoms with Crippen molar-refractivity contribution in [1.82, 2.24) is 15.0 Å². The predicted octanol–water partition coefficient (Wildman–Crippen LogP) is 2.40. The van der Waals surface area contributed by atoms with Gasteiger partial charge in [-0.1, -0.05) is 16.8 Å². The van der Waals surface area contributed by atoms with Crippen molar-refractivity contribution in [2.75, 3.05) is 0 Å². The van der Waals surface area contributed by atoms with Gasteiger partial charge in [-0.05, 0) is 31.0 Å². The largest absolute Gasteiger partial charge is 0.325 e. The van der Waals surface area contributed by atoms with Crippen LogP contribution in [0.4, 0.5) is 4.39 Å². The quantitative estimate of drug-likeness (QED) is 0.928. The molecular formula is C12H12ClFN4. The predicted molar refractivity (Wildman–Crippen MR) is 66.2 cm³/mol. The van der Waals surface area contributed by atoms with Crippen molar-refractivity contribution < 1.29 is 4.39 Å². The van der Waals surface area contributed by atoms with E-state index in [9.17, 15) is 4.39 Å². The van der Waals surface area contributed by atoms with E-state index in [1.54, 1.807) is 16.8 Å². The Bertz CT molecular complexity index is 592. The Labute approximate surface area is 109 Å². The van der Waals surface area contributed by atoms with Crippen LogP contribution in [0.25, 0.3) is 5.69 Å². The first-order chi connectivity index (χ1) is 8.70. The Kier molecular flexibility index (Phi) is 2.80. The van der Waals surface area contributed by atoms with Crippen molar-refractivity contribution >= 4 is 11.6 Å². The van der Waals surface area contributed by atoms with Gasteiger partial charge >= 0.3 is 0 Å². The molecule has 2 N–H and O–H groups in total. The fraction of sp³-hybridized carbons (Fsp3) is 0.333. The van der Waals surface area contributed by atoms with Gasteiger partial charge < -0.3 is 5.73 Å². The molecule has 1 aromatic heterocycles. The second-order valence-corrected chi connectivity index (χ2v) is 4.82. The highest BCUT2D eigenvalue weighted by atomic mass is 35.5. The average Bonchev–Trinajstić information content (AvgIpc) is 3.12. The summed E-state index contributed by atoms with van der Waals surface area (Å²) in [7, 11) is 0. The van der Waals surface area contributed by atoms with Gasteiger partial charge in [-0.3, -0.25) is 0 Å². The van der Waals surface area contributed by atoms with Crippen molar-refractivity contribution in [3.05, 3.63) is 40.4 Å². The summed E-state index contributed by atoms with van der Waals surface area (Å²) in [5, 5.41) is 8.25. The minimum absolute atomic E-state index is 0.0824. The standard InChI is InChI=1S/C12H12ClFN4/c13-9-5-8(3-4-10(9)14)18-12(7-1-2-7)11(6-15)16-17-18/h3-5,7H,1-2,6,15H2. The number of nitrogens with zero attached hydrogens (tertiary/aromatic N) is 3. The van der Waals surface area contributed by atoms with Crippen LogP contribution in [0.3, 0.4) is 0 Å². The van der Waals surface area contributed by atoms with Gasteiger partial charge in [0.2, 0.25) is 0 Å². The second-order valence-electron chi connectivity index (χ2n) is 4.41. The third-order valence-electron chi connectivity index (χ3n) is 3.08. The number of benzene rings is 1. The Morgan fingerprint density at radius 1 is 1.44 bits per heavy atom. The van der Waals surface area contributed by atoms with Gasteiger partial charge in [0, 0.05) is 12.5 Å². The van der Waals surface area contributed by atoms with E-state index in [2.05, 4.69) is 10.3 Å². The molecule has 0 spiro atoms. The van der Waals surface area contributed by atoms with Gasteiger partial charge in [0.25, 0.3) is 0 Å². The van der Waals surface area contributed by atoms with Gasteiger partial charge in [0.15, 0.2) is 0 Å². The van der Waals surface area contributed by atoms with E-state index in [1.165, 1.54) is 6.07 Å². The fourth-order valence-corrected chi connectivity index (χ4v) is 2.21. The summed E-state index contributed by atoms with van der Waals surface area (Å²) in [4.78, 5) is 0. The molecule has 4 nitrogen and oxygen atoms in total. The highest BCUT2D eigenvalue weighted by Gasteiger charge is 2.31. The summed E-state index contributed by atoms with van der Waals surface area (Å²) >= 11 is 5.79. The fourth-order valence-electron chi connectivity index (χ4n) is 2.04. The topological polar surface area (TPSA) is 56.7 Å². The zero-order valence-corrected chi connectivity index (χ0v) is 10.4. The van der Waals surface area contributed by atoms with Gasteiger partial charge in [0.05, 0.1) is 16.4 Å². The molecule has 18 heavy (non-hydrogen) atoms. The van der Waals surface area contributed by atoms with E-state index in [0.29, 0.717) is 12.5 Å². The number of halogens is 2. The van der Waals surface area contributed by atoms with E-state index in [1.807, 2.05) is 0 Å². The Morgan fingerprint density at radius 3 is 2.83 bits per heavy atom. The van der Waals surface area contributed by atoms with Gasteiger partial charge in [0.1, 0.15) is 11.5 Å². The molecule has 0 aliphatic heterocycles. The molecule has 1 fully saturated rings. The molecule has 0 atom stereocenters. The van der Waals surface area contributed by atoms with Crippen molar-refractivity contribution in [3.63, 3.8) is 0 Å². The number of hydrogen-bond donors (Lipinski definition) is 1. The monoisotopic (exact) mass is 266 g/mol. The van der Waals surface area contributed by atoms with Crippen LogP contribution in [0, 0.1) is 5.82 Å². The summed E-state index contributed by atoms with van der Waals surface area (Å²) in [5.41, 5.74) is 8.21. The van der Waals surface area contributed by atoms with E-state index in [4.69, 9.17) is 17.3 Å². The SMILES string of the molecule is NCc1nnn(-c2ccc(F)c(Cl)c2)c1C1CC1. The third-order valence-corrected chi connectivity index (χ3v) is 3.37. The number of aromatic nitrogens is 3. The van der Waals surface area contributed by atoms with Gasteiger partial charge in [-0.2, -0.15) is 0 Å². The maximum atomic E-state index is 13.2. The summed E-state index contributed by atoms with van der Waals surface area (Å²) in [6.07, 6.45) is 2.24. The Hall–Kier alpha value is -1.46. The smallest absolute Gasteiger partial charge is 0.141 e. The highest BCUT2D eigenvalue weighted by Crippen LogP contribution is 2.42. The first kappa shape index (κ1) is 11.6. The van der Waals surface area contributed by atoms with E-state index in [0.717, 1.165) is 29.9 Å². The lowest BCUT2D eigenvalue weighted by molar-refractivity contribution is 0.627. The number of rotatable bonds is 3. The summed E-state index contributed by atoms with van der Waals surface area (Å²) in [5.74, 6) is 0.0231. The van der Waals surface area contributed by atoms with E-state index in [-0.39, 0.29) is 5.02 Å². The van der Waals surface area contributed by atoms with Crippen molar-refractivity contribution in [1.29, 1.82) is 0 Å². The van der Waals surface area contributed by atoms with Crippen LogP contribution >= 0.6 is 11.6 Å². The number of nitrogens with two attached hydrogens (primary N) is 1. The molecule has 0 saturated heterocycles. The molecule has 0 bridgehead atoms. The zero-order chi connectivity index (χ0) is 12.7. The third kappa shape index (κ3) is 1.89. The molecule has 1 aliphatic carbocycles. The molecule has 3 rings (SSSR count). The van der Waals surface area contributed by atoms with Gasteiger partial charge in [-0.15, -0.1) is 5.10 Å². The first-order valence-corrected chi connectivity index (χ1v) is 6.18. The minimum atomic E-state index is -0.437. The normalized spacial score (nSPS) is 15.1. The Morgan fingerprint density at radius 2 is 2.22 bits per heavy atom. The molecule has 1 aromatic carbocycles. The van der Waals surface area contributed by atoms with Crippen LogP contribution in [-0.4, -0.2) is 15.0 Å². The molecule has 0 amide bonds. The van der Waals surface area contributed by atoms with Crippen LogP contribution in [0.5, 0.6) is 0 Å². The summed E-state index contributed by atoms with van der Waals surface area (Å²) in [6, 6.07) is 4.53. The molecule has 0 unspecified atom stereocenters. The molecule has 0 radical (unpaired) electrons. The maximum Gasteiger partial charge on any atom is 0.141 e. The van der Waals surface area contributed by atoms with Crippen molar-refractivity contribution in [3.8, 4) is 5.69 Å². The average molecular weight is 267 g/mol. The lowest BCUT2D eigenvalue weighted by atomic mass is 10.2. The molecule has 1 saturated carbocycles. The summed E-state index contributed by atoms with van der Waals surface area (Å²) in [6.45, 7) is 0.362. The van der Waals surface area contributed by atoms with E-state index < -0.39 is 5.82 Å². The second kappa shape index (κ2) is 4.33. The molecule has 1 aliphatic rings. The van der Waals surface area contributed by atoms with Crippen LogP contribution in [-0.2, 0) is 6.54 Å². The first-order valence-electron chi connectivity index (χ1n) is 5.80. The molecule has 2 aromatic rings. The zero-order valence-electron chi connectivity index (χ0n) is 9.61. The van der Waals surface area contributed by atoms with E-state index >= 15 is 0 Å². The molecule has 6 heteroatoms. The van der Waals surface area contributed by atoms with Crippen LogP contribution in [0.1, 0.15) is 30.1 Å².